The highest BCUT2D eigenvalue weighted by atomic mass is 35.5. The van der Waals surface area contributed by atoms with Gasteiger partial charge in [-0.2, -0.15) is 4.98 Å². The van der Waals surface area contributed by atoms with Crippen LogP contribution in [0.5, 0.6) is 0 Å². The van der Waals surface area contributed by atoms with Gasteiger partial charge in [-0.25, -0.2) is 4.98 Å². The summed E-state index contributed by atoms with van der Waals surface area (Å²) in [7, 11) is 1.69. The van der Waals surface area contributed by atoms with Gasteiger partial charge in [-0.1, -0.05) is 23.7 Å². The summed E-state index contributed by atoms with van der Waals surface area (Å²) in [6.45, 7) is 3.46. The molecule has 2 aromatic rings. The van der Waals surface area contributed by atoms with Gasteiger partial charge in [0.1, 0.15) is 5.82 Å². The molecule has 0 fully saturated rings. The quantitative estimate of drug-likeness (QED) is 0.765. The van der Waals surface area contributed by atoms with E-state index in [0.29, 0.717) is 11.0 Å². The molecule has 0 atom stereocenters. The summed E-state index contributed by atoms with van der Waals surface area (Å²) in [6, 6.07) is 9.41. The predicted molar refractivity (Wildman–Crippen MR) is 86.5 cm³/mol. The topological polar surface area (TPSA) is 59.1 Å². The van der Waals surface area contributed by atoms with E-state index in [2.05, 4.69) is 20.6 Å². The van der Waals surface area contributed by atoms with E-state index in [-0.39, 0.29) is 0 Å². The number of aryl methyl sites for hydroxylation is 1. The number of nitrogens with zero attached hydrogens (tertiary/aromatic N) is 2. The smallest absolute Gasteiger partial charge is 0.229 e. The highest BCUT2D eigenvalue weighted by Gasteiger charge is 2.05. The Morgan fingerprint density at radius 2 is 2.05 bits per heavy atom. The lowest BCUT2D eigenvalue weighted by Crippen LogP contribution is -2.08. The second-order valence-electron chi connectivity index (χ2n) is 4.60. The zero-order chi connectivity index (χ0) is 15.1. The lowest BCUT2D eigenvalue weighted by molar-refractivity contribution is 0.198. The summed E-state index contributed by atoms with van der Waals surface area (Å²) in [5.74, 6) is 1.31. The zero-order valence-electron chi connectivity index (χ0n) is 12.2. The fraction of sp³-hybridized carbons (Fsp3) is 0.333. The van der Waals surface area contributed by atoms with Crippen LogP contribution in [0.3, 0.4) is 0 Å². The van der Waals surface area contributed by atoms with Crippen molar-refractivity contribution < 1.29 is 4.74 Å². The highest BCUT2D eigenvalue weighted by Crippen LogP contribution is 2.23. The maximum Gasteiger partial charge on any atom is 0.229 e. The summed E-state index contributed by atoms with van der Waals surface area (Å²) in [6.07, 6.45) is 0.923. The van der Waals surface area contributed by atoms with Crippen molar-refractivity contribution in [3.05, 3.63) is 41.0 Å². The van der Waals surface area contributed by atoms with Gasteiger partial charge < -0.3 is 15.4 Å². The Balaban J connectivity index is 2.06. The van der Waals surface area contributed by atoms with Gasteiger partial charge in [0.25, 0.3) is 0 Å². The molecule has 1 aromatic heterocycles. The van der Waals surface area contributed by atoms with Crippen LogP contribution >= 0.6 is 11.6 Å². The summed E-state index contributed by atoms with van der Waals surface area (Å²) >= 11 is 6.12. The minimum atomic E-state index is 0.525. The fourth-order valence-corrected chi connectivity index (χ4v) is 2.01. The van der Waals surface area contributed by atoms with Crippen LogP contribution in [0.25, 0.3) is 0 Å². The molecule has 0 aliphatic rings. The van der Waals surface area contributed by atoms with Crippen molar-refractivity contribution in [2.45, 2.75) is 13.3 Å². The third-order valence-corrected chi connectivity index (χ3v) is 3.14. The van der Waals surface area contributed by atoms with Crippen LogP contribution in [0.2, 0.25) is 5.02 Å². The van der Waals surface area contributed by atoms with Gasteiger partial charge in [0.15, 0.2) is 0 Å². The van der Waals surface area contributed by atoms with Crippen molar-refractivity contribution in [2.75, 3.05) is 30.9 Å². The molecule has 2 rings (SSSR count). The first-order valence-electron chi connectivity index (χ1n) is 6.79. The van der Waals surface area contributed by atoms with E-state index in [1.165, 1.54) is 0 Å². The fourth-order valence-electron chi connectivity index (χ4n) is 1.83. The maximum absolute atomic E-state index is 6.12. The van der Waals surface area contributed by atoms with E-state index in [1.54, 1.807) is 7.11 Å². The molecular formula is C15H19ClN4O. The van der Waals surface area contributed by atoms with Crippen molar-refractivity contribution in [1.82, 2.24) is 9.97 Å². The van der Waals surface area contributed by atoms with Crippen molar-refractivity contribution in [3.8, 4) is 0 Å². The Bertz CT molecular complexity index is 592. The number of hydrogen-bond acceptors (Lipinski definition) is 5. The third-order valence-electron chi connectivity index (χ3n) is 2.81. The number of benzene rings is 1. The first-order chi connectivity index (χ1) is 10.2. The van der Waals surface area contributed by atoms with Gasteiger partial charge in [-0.3, -0.25) is 0 Å². The first-order valence-corrected chi connectivity index (χ1v) is 7.17. The van der Waals surface area contributed by atoms with Crippen molar-refractivity contribution in [2.24, 2.45) is 0 Å². The van der Waals surface area contributed by atoms with Crippen molar-refractivity contribution >= 4 is 29.1 Å². The van der Waals surface area contributed by atoms with Crippen molar-refractivity contribution in [1.29, 1.82) is 0 Å². The number of halogens is 1. The lowest BCUT2D eigenvalue weighted by Gasteiger charge is -2.10. The number of rotatable bonds is 7. The molecule has 6 heteroatoms. The third kappa shape index (κ3) is 4.88. The van der Waals surface area contributed by atoms with Crippen LogP contribution in [-0.2, 0) is 4.74 Å². The molecule has 0 aliphatic carbocycles. The maximum atomic E-state index is 6.12. The Kier molecular flexibility index (Phi) is 5.78. The van der Waals surface area contributed by atoms with E-state index in [4.69, 9.17) is 16.3 Å². The van der Waals surface area contributed by atoms with E-state index < -0.39 is 0 Å². The highest BCUT2D eigenvalue weighted by molar-refractivity contribution is 6.33. The van der Waals surface area contributed by atoms with Gasteiger partial charge >= 0.3 is 0 Å². The predicted octanol–water partition coefficient (Wildman–Crippen LogP) is 3.63. The summed E-state index contributed by atoms with van der Waals surface area (Å²) in [4.78, 5) is 8.80. The molecular weight excluding hydrogens is 288 g/mol. The Labute approximate surface area is 129 Å². The Morgan fingerprint density at radius 1 is 1.24 bits per heavy atom. The minimum absolute atomic E-state index is 0.525. The van der Waals surface area contributed by atoms with E-state index in [1.807, 2.05) is 37.3 Å². The van der Waals surface area contributed by atoms with E-state index in [9.17, 15) is 0 Å². The second-order valence-corrected chi connectivity index (χ2v) is 5.00. The molecule has 0 unspecified atom stereocenters. The molecule has 0 bridgehead atoms. The number of hydrogen-bond donors (Lipinski definition) is 2. The largest absolute Gasteiger partial charge is 0.385 e. The molecule has 2 N–H and O–H groups in total. The molecule has 0 spiro atoms. The second kappa shape index (κ2) is 7.81. The molecule has 0 amide bonds. The number of methoxy groups -OCH3 is 1. The molecule has 1 aromatic carbocycles. The number of ether oxygens (including phenoxy) is 1. The van der Waals surface area contributed by atoms with Gasteiger partial charge in [-0.05, 0) is 25.5 Å². The van der Waals surface area contributed by atoms with Crippen LogP contribution < -0.4 is 10.6 Å². The first kappa shape index (κ1) is 15.5. The molecule has 0 saturated carbocycles. The van der Waals surface area contributed by atoms with Crippen LogP contribution in [0.1, 0.15) is 12.1 Å². The monoisotopic (exact) mass is 306 g/mol. The molecule has 112 valence electrons. The van der Waals surface area contributed by atoms with Gasteiger partial charge in [0.05, 0.1) is 10.7 Å². The van der Waals surface area contributed by atoms with E-state index in [0.717, 1.165) is 36.8 Å². The Hall–Kier alpha value is -1.85. The van der Waals surface area contributed by atoms with Crippen molar-refractivity contribution in [3.63, 3.8) is 0 Å². The number of anilines is 3. The van der Waals surface area contributed by atoms with Gasteiger partial charge in [0.2, 0.25) is 5.95 Å². The van der Waals surface area contributed by atoms with Gasteiger partial charge in [-0.15, -0.1) is 0 Å². The molecule has 21 heavy (non-hydrogen) atoms. The number of para-hydroxylation sites is 1. The summed E-state index contributed by atoms with van der Waals surface area (Å²) < 4.78 is 5.02. The van der Waals surface area contributed by atoms with Crippen LogP contribution in [0.15, 0.2) is 30.3 Å². The molecule has 0 radical (unpaired) electrons. The minimum Gasteiger partial charge on any atom is -0.385 e. The molecule has 0 aliphatic heterocycles. The van der Waals surface area contributed by atoms with Gasteiger partial charge in [0, 0.05) is 32.0 Å². The summed E-state index contributed by atoms with van der Waals surface area (Å²) in [5, 5.41) is 7.03. The average molecular weight is 307 g/mol. The number of nitrogens with one attached hydrogen (secondary N) is 2. The normalized spacial score (nSPS) is 10.4. The molecule has 5 nitrogen and oxygen atoms in total. The van der Waals surface area contributed by atoms with Crippen LogP contribution in [0, 0.1) is 6.92 Å². The van der Waals surface area contributed by atoms with Crippen LogP contribution in [-0.4, -0.2) is 30.2 Å². The van der Waals surface area contributed by atoms with E-state index >= 15 is 0 Å². The number of aromatic nitrogens is 2. The Morgan fingerprint density at radius 3 is 2.81 bits per heavy atom. The SMILES string of the molecule is COCCCNc1cc(C)nc(Nc2ccccc2Cl)n1. The molecule has 1 heterocycles. The zero-order valence-corrected chi connectivity index (χ0v) is 12.9. The molecule has 0 saturated heterocycles. The van der Waals surface area contributed by atoms with Crippen LogP contribution in [0.4, 0.5) is 17.5 Å². The summed E-state index contributed by atoms with van der Waals surface area (Å²) in [5.41, 5.74) is 1.67. The average Bonchev–Trinajstić information content (AvgIpc) is 2.46. The standard InChI is InChI=1S/C15H19ClN4O/c1-11-10-14(17-8-5-9-21-2)20-15(18-11)19-13-7-4-3-6-12(13)16/h3-4,6-7,10H,5,8-9H2,1-2H3,(H2,17,18,19,20). The lowest BCUT2D eigenvalue weighted by atomic mass is 10.3.